The normalized spacial score (nSPS) is 17.7. The Morgan fingerprint density at radius 3 is 2.00 bits per heavy atom. The van der Waals surface area contributed by atoms with Gasteiger partial charge in [0.2, 0.25) is 0 Å². The first kappa shape index (κ1) is 17.5. The number of carbonyl (C=O) groups excluding carboxylic acids is 2. The fourth-order valence-electron chi connectivity index (χ4n) is 2.91. The third kappa shape index (κ3) is 3.42. The number of carbonyl (C=O) groups is 2. The van der Waals surface area contributed by atoms with E-state index in [1.54, 1.807) is 6.07 Å². The van der Waals surface area contributed by atoms with E-state index in [2.05, 4.69) is 20.8 Å². The molecule has 0 bridgehead atoms. The van der Waals surface area contributed by atoms with E-state index in [0.717, 1.165) is 23.5 Å². The lowest BCUT2D eigenvalue weighted by molar-refractivity contribution is -0.222. The minimum Gasteiger partial charge on any atom is -0.467 e. The van der Waals surface area contributed by atoms with E-state index in [1.165, 1.54) is 19.9 Å². The van der Waals surface area contributed by atoms with Crippen molar-refractivity contribution >= 4 is 31.5 Å². The van der Waals surface area contributed by atoms with Crippen molar-refractivity contribution in [3.63, 3.8) is 0 Å². The minimum absolute atomic E-state index is 0.137. The summed E-state index contributed by atoms with van der Waals surface area (Å²) >= 11 is 0. The molecule has 1 saturated heterocycles. The number of rotatable bonds is 5. The summed E-state index contributed by atoms with van der Waals surface area (Å²) in [7, 11) is -1.62. The van der Waals surface area contributed by atoms with Gasteiger partial charge < -0.3 is 13.9 Å². The van der Waals surface area contributed by atoms with Gasteiger partial charge in [-0.2, -0.15) is 0 Å². The van der Waals surface area contributed by atoms with Crippen LogP contribution in [0.5, 0.6) is 0 Å². The fraction of sp³-hybridized carbons (Fsp3) is 0.529. The maximum Gasteiger partial charge on any atom is 0.348 e. The van der Waals surface area contributed by atoms with Gasteiger partial charge in [-0.1, -0.05) is 38.9 Å². The van der Waals surface area contributed by atoms with Crippen LogP contribution in [0.2, 0.25) is 18.1 Å². The Bertz CT molecular complexity index is 607. The van der Waals surface area contributed by atoms with E-state index in [0.29, 0.717) is 5.76 Å². The largest absolute Gasteiger partial charge is 0.467 e. The predicted molar refractivity (Wildman–Crippen MR) is 89.8 cm³/mol. The molecule has 0 N–H and O–H groups in total. The molecule has 5 nitrogen and oxygen atoms in total. The van der Waals surface area contributed by atoms with Crippen molar-refractivity contribution in [1.29, 1.82) is 0 Å². The summed E-state index contributed by atoms with van der Waals surface area (Å²) in [5.74, 6) is -2.12. The zero-order valence-corrected chi connectivity index (χ0v) is 15.4. The molecule has 0 saturated carbocycles. The van der Waals surface area contributed by atoms with Gasteiger partial charge in [0.1, 0.15) is 19.4 Å². The Kier molecular flexibility index (Phi) is 4.84. The van der Waals surface area contributed by atoms with Gasteiger partial charge in [-0.15, -0.1) is 0 Å². The molecule has 126 valence electrons. The maximum absolute atomic E-state index is 12.0. The highest BCUT2D eigenvalue weighted by atomic mass is 28.3. The number of cyclic esters (lactones) is 2. The zero-order valence-electron chi connectivity index (χ0n) is 14.4. The molecule has 1 fully saturated rings. The topological polar surface area (TPSA) is 65.7 Å². The van der Waals surface area contributed by atoms with Gasteiger partial charge in [-0.3, -0.25) is 0 Å². The second-order valence-corrected chi connectivity index (χ2v) is 11.5. The Morgan fingerprint density at radius 2 is 1.52 bits per heavy atom. The maximum atomic E-state index is 12.0. The molecule has 0 spiro atoms. The highest BCUT2D eigenvalue weighted by Crippen LogP contribution is 2.25. The van der Waals surface area contributed by atoms with Crippen LogP contribution in [0, 0.1) is 0 Å². The van der Waals surface area contributed by atoms with Crippen LogP contribution in [0.4, 0.5) is 0 Å². The molecule has 0 atom stereocenters. The second-order valence-electron chi connectivity index (χ2n) is 6.28. The van der Waals surface area contributed by atoms with E-state index < -0.39 is 25.8 Å². The number of esters is 2. The predicted octanol–water partition coefficient (Wildman–Crippen LogP) is 3.21. The van der Waals surface area contributed by atoms with E-state index in [9.17, 15) is 9.59 Å². The van der Waals surface area contributed by atoms with Gasteiger partial charge in [0, 0.05) is 19.9 Å². The van der Waals surface area contributed by atoms with E-state index in [-0.39, 0.29) is 5.57 Å². The Morgan fingerprint density at radius 1 is 1.00 bits per heavy atom. The van der Waals surface area contributed by atoms with Gasteiger partial charge in [0.05, 0.1) is 5.38 Å². The van der Waals surface area contributed by atoms with Crippen molar-refractivity contribution in [2.45, 2.75) is 58.5 Å². The first-order valence-electron chi connectivity index (χ1n) is 8.05. The van der Waals surface area contributed by atoms with E-state index in [4.69, 9.17) is 13.9 Å². The van der Waals surface area contributed by atoms with Crippen molar-refractivity contribution < 1.29 is 23.5 Å². The van der Waals surface area contributed by atoms with Crippen LogP contribution in [0.1, 0.15) is 40.4 Å². The number of hydrogen-bond acceptors (Lipinski definition) is 5. The average Bonchev–Trinajstić information content (AvgIpc) is 2.94. The molecule has 1 aromatic heterocycles. The molecule has 1 aromatic rings. The molecule has 0 aliphatic carbocycles. The summed E-state index contributed by atoms with van der Waals surface area (Å²) in [4.78, 5) is 23.9. The van der Waals surface area contributed by atoms with E-state index in [1.807, 2.05) is 6.07 Å². The molecule has 1 aliphatic heterocycles. The Balaban J connectivity index is 2.31. The first-order chi connectivity index (χ1) is 10.8. The molecule has 0 amide bonds. The van der Waals surface area contributed by atoms with Crippen LogP contribution < -0.4 is 5.38 Å². The first-order valence-corrected chi connectivity index (χ1v) is 10.7. The van der Waals surface area contributed by atoms with Crippen molar-refractivity contribution in [2.24, 2.45) is 0 Å². The summed E-state index contributed by atoms with van der Waals surface area (Å²) < 4.78 is 16.1. The summed E-state index contributed by atoms with van der Waals surface area (Å²) in [5.41, 5.74) is -0.137. The quantitative estimate of drug-likeness (QED) is 0.357. The van der Waals surface area contributed by atoms with Crippen molar-refractivity contribution in [3.05, 3.63) is 23.5 Å². The van der Waals surface area contributed by atoms with Gasteiger partial charge in [0.15, 0.2) is 0 Å². The third-order valence-corrected chi connectivity index (χ3v) is 9.96. The zero-order chi connectivity index (χ0) is 17.3. The number of ether oxygens (including phenoxy) is 2. The summed E-state index contributed by atoms with van der Waals surface area (Å²) in [6.07, 6.45) is 1.41. The van der Waals surface area contributed by atoms with Crippen LogP contribution in [0.25, 0.3) is 6.08 Å². The van der Waals surface area contributed by atoms with E-state index >= 15 is 0 Å². The minimum atomic E-state index is -1.62. The van der Waals surface area contributed by atoms with Crippen LogP contribution in [-0.4, -0.2) is 25.8 Å². The second kappa shape index (κ2) is 6.35. The summed E-state index contributed by atoms with van der Waals surface area (Å²) in [5, 5.41) is 1.01. The SMILES string of the molecule is CC[Si](CC)(CC)c1ccc(C=C2C(=O)OC(C)(C)OC2=O)o1. The molecule has 0 radical (unpaired) electrons. The van der Waals surface area contributed by atoms with Crippen LogP contribution >= 0.6 is 0 Å². The van der Waals surface area contributed by atoms with Gasteiger partial charge >= 0.3 is 11.9 Å². The number of hydrogen-bond donors (Lipinski definition) is 0. The highest BCUT2D eigenvalue weighted by Gasteiger charge is 2.39. The molecular formula is C17H24O5Si. The summed E-state index contributed by atoms with van der Waals surface area (Å²) in [6.45, 7) is 9.62. The standard InChI is InChI=1S/C17H24O5Si/c1-6-23(7-2,8-3)14-10-9-12(20-14)11-13-15(18)21-17(4,5)22-16(13)19/h9-11H,6-8H2,1-5H3. The van der Waals surface area contributed by atoms with Crippen molar-refractivity contribution in [2.75, 3.05) is 0 Å². The molecule has 6 heteroatoms. The smallest absolute Gasteiger partial charge is 0.348 e. The van der Waals surface area contributed by atoms with Gasteiger partial charge in [-0.25, -0.2) is 9.59 Å². The third-order valence-electron chi connectivity index (χ3n) is 4.58. The number of furan rings is 1. The monoisotopic (exact) mass is 336 g/mol. The molecule has 1 aliphatic rings. The Hall–Kier alpha value is -1.82. The van der Waals surface area contributed by atoms with Crippen LogP contribution in [0.3, 0.4) is 0 Å². The van der Waals surface area contributed by atoms with Crippen molar-refractivity contribution in [1.82, 2.24) is 0 Å². The molecular weight excluding hydrogens is 312 g/mol. The van der Waals surface area contributed by atoms with Crippen molar-refractivity contribution in [3.8, 4) is 0 Å². The summed E-state index contributed by atoms with van der Waals surface area (Å²) in [6, 6.07) is 7.06. The van der Waals surface area contributed by atoms with Crippen LogP contribution in [0.15, 0.2) is 22.1 Å². The molecule has 0 unspecified atom stereocenters. The molecule has 2 heterocycles. The lowest BCUT2D eigenvalue weighted by Crippen LogP contribution is -2.44. The van der Waals surface area contributed by atoms with Gasteiger partial charge in [-0.05, 0) is 12.1 Å². The molecule has 2 rings (SSSR count). The van der Waals surface area contributed by atoms with Crippen LogP contribution in [-0.2, 0) is 19.1 Å². The van der Waals surface area contributed by atoms with Gasteiger partial charge in [0.25, 0.3) is 5.79 Å². The Labute approximate surface area is 137 Å². The fourth-order valence-corrected chi connectivity index (χ4v) is 6.23. The highest BCUT2D eigenvalue weighted by molar-refractivity contribution is 6.90. The molecule has 0 aromatic carbocycles. The lowest BCUT2D eigenvalue weighted by Gasteiger charge is -2.29. The average molecular weight is 336 g/mol. The molecule has 23 heavy (non-hydrogen) atoms. The lowest BCUT2D eigenvalue weighted by atomic mass is 10.2.